The van der Waals surface area contributed by atoms with E-state index in [1.54, 1.807) is 0 Å². The van der Waals surface area contributed by atoms with Crippen LogP contribution in [0.2, 0.25) is 0 Å². The van der Waals surface area contributed by atoms with Gasteiger partial charge in [0.1, 0.15) is 29.9 Å². The molecule has 0 spiro atoms. The summed E-state index contributed by atoms with van der Waals surface area (Å²) in [6.45, 7) is -0.684. The average molecular weight is 438 g/mol. The molecule has 13 heteroatoms. The Balaban J connectivity index is 2.21. The van der Waals surface area contributed by atoms with Gasteiger partial charge in [0.15, 0.2) is 0 Å². The summed E-state index contributed by atoms with van der Waals surface area (Å²) in [5, 5.41) is 59.9. The maximum atomic E-state index is 11.2. The molecule has 0 amide bonds. The van der Waals surface area contributed by atoms with Gasteiger partial charge in [0.25, 0.3) is 0 Å². The van der Waals surface area contributed by atoms with Gasteiger partial charge in [0.2, 0.25) is 0 Å². The standard InChI is InChI=1S/C15H21NO10S2/c17-6-10-12(20)13(21)14(22)15(26-10)27-11(16-28(23,24)25)5-9(19)7-1-3-8(18)4-2-7/h1-4,9-10,12-15,17-22H,5-6H2,(H,23,24,25)/p-1/t9-,10+,12+,13-,14+,15-/m0/s1. The molecule has 1 fully saturated rings. The fourth-order valence-electron chi connectivity index (χ4n) is 2.51. The molecule has 1 aliphatic heterocycles. The van der Waals surface area contributed by atoms with Gasteiger partial charge in [-0.3, -0.25) is 4.55 Å². The molecule has 1 aromatic carbocycles. The Kier molecular flexibility index (Phi) is 7.78. The van der Waals surface area contributed by atoms with Crippen molar-refractivity contribution < 1.29 is 48.3 Å². The lowest BCUT2D eigenvalue weighted by Gasteiger charge is -2.39. The van der Waals surface area contributed by atoms with Gasteiger partial charge in [-0.15, -0.1) is 10.1 Å². The normalized spacial score (nSPS) is 30.2. The van der Waals surface area contributed by atoms with Crippen molar-refractivity contribution in [3.8, 4) is 5.75 Å². The Bertz CT molecular complexity index is 783. The quantitative estimate of drug-likeness (QED) is 0.162. The summed E-state index contributed by atoms with van der Waals surface area (Å²) in [5.74, 6) is -0.293. The highest BCUT2D eigenvalue weighted by atomic mass is 32.2. The maximum Gasteiger partial charge on any atom is 0.379 e. The summed E-state index contributed by atoms with van der Waals surface area (Å²) in [6.07, 6.45) is -7.93. The zero-order valence-corrected chi connectivity index (χ0v) is 15.9. The average Bonchev–Trinajstić information content (AvgIpc) is 2.61. The summed E-state index contributed by atoms with van der Waals surface area (Å²) in [4.78, 5) is 0. The number of ether oxygens (including phenoxy) is 1. The molecule has 0 radical (unpaired) electrons. The summed E-state index contributed by atoms with van der Waals surface area (Å²) in [5.41, 5.74) is -1.08. The van der Waals surface area contributed by atoms with Crippen molar-refractivity contribution in [1.29, 1.82) is 0 Å². The number of aliphatic hydroxyl groups excluding tert-OH is 5. The minimum absolute atomic E-state index is 0.275. The number of benzene rings is 1. The first-order valence-corrected chi connectivity index (χ1v) is 10.3. The van der Waals surface area contributed by atoms with Crippen LogP contribution in [-0.4, -0.2) is 80.0 Å². The predicted molar refractivity (Wildman–Crippen MR) is 95.8 cm³/mol. The van der Waals surface area contributed by atoms with Crippen LogP contribution in [0.3, 0.4) is 0 Å². The zero-order chi connectivity index (χ0) is 21.1. The van der Waals surface area contributed by atoms with Crippen molar-refractivity contribution in [2.24, 2.45) is 4.40 Å². The first-order chi connectivity index (χ1) is 13.0. The van der Waals surface area contributed by atoms with Crippen molar-refractivity contribution >= 4 is 27.1 Å². The Morgan fingerprint density at radius 3 is 2.32 bits per heavy atom. The summed E-state index contributed by atoms with van der Waals surface area (Å²) >= 11 is 0.486. The highest BCUT2D eigenvalue weighted by molar-refractivity contribution is 8.14. The predicted octanol–water partition coefficient (Wildman–Crippen LogP) is -2.08. The van der Waals surface area contributed by atoms with Gasteiger partial charge in [0.05, 0.1) is 17.8 Å². The summed E-state index contributed by atoms with van der Waals surface area (Å²) < 4.78 is 39.7. The van der Waals surface area contributed by atoms with Gasteiger partial charge in [-0.05, 0) is 5.56 Å². The number of rotatable bonds is 6. The van der Waals surface area contributed by atoms with E-state index in [2.05, 4.69) is 4.40 Å². The molecule has 158 valence electrons. The van der Waals surface area contributed by atoms with E-state index in [0.29, 0.717) is 11.8 Å². The highest BCUT2D eigenvalue weighted by Gasteiger charge is 2.44. The lowest BCUT2D eigenvalue weighted by Crippen LogP contribution is -2.57. The molecule has 1 heterocycles. The molecule has 11 nitrogen and oxygen atoms in total. The largest absolute Gasteiger partial charge is 0.872 e. The van der Waals surface area contributed by atoms with Crippen molar-refractivity contribution in [1.82, 2.24) is 0 Å². The summed E-state index contributed by atoms with van der Waals surface area (Å²) in [7, 11) is -4.86. The molecule has 1 saturated heterocycles. The lowest BCUT2D eigenvalue weighted by atomic mass is 10.0. The first-order valence-electron chi connectivity index (χ1n) is 8.00. The fraction of sp³-hybridized carbons (Fsp3) is 0.533. The van der Waals surface area contributed by atoms with Crippen molar-refractivity contribution in [3.63, 3.8) is 0 Å². The summed E-state index contributed by atoms with van der Waals surface area (Å²) in [6, 6.07) is 5.05. The topological polar surface area (TPSA) is 200 Å². The van der Waals surface area contributed by atoms with Crippen LogP contribution < -0.4 is 5.11 Å². The van der Waals surface area contributed by atoms with E-state index in [9.17, 15) is 39.1 Å². The van der Waals surface area contributed by atoms with E-state index >= 15 is 0 Å². The lowest BCUT2D eigenvalue weighted by molar-refractivity contribution is -0.268. The second-order valence-corrected chi connectivity index (χ2v) is 8.29. The van der Waals surface area contributed by atoms with Gasteiger partial charge in [-0.1, -0.05) is 36.0 Å². The minimum Gasteiger partial charge on any atom is -0.872 e. The van der Waals surface area contributed by atoms with E-state index in [0.717, 1.165) is 0 Å². The molecule has 2 rings (SSSR count). The Labute approximate surface area is 164 Å². The Morgan fingerprint density at radius 1 is 1.18 bits per heavy atom. The first kappa shape index (κ1) is 23.0. The zero-order valence-electron chi connectivity index (χ0n) is 14.3. The van der Waals surface area contributed by atoms with Crippen molar-refractivity contribution in [2.45, 2.75) is 42.4 Å². The number of hydrogen-bond donors (Lipinski definition) is 6. The van der Waals surface area contributed by atoms with Gasteiger partial charge >= 0.3 is 10.3 Å². The molecule has 28 heavy (non-hydrogen) atoms. The van der Waals surface area contributed by atoms with Crippen LogP contribution in [0.1, 0.15) is 18.1 Å². The van der Waals surface area contributed by atoms with Crippen molar-refractivity contribution in [3.05, 3.63) is 29.8 Å². The molecule has 0 aliphatic carbocycles. The number of nitrogens with zero attached hydrogens (tertiary/aromatic N) is 1. The molecule has 1 aromatic rings. The van der Waals surface area contributed by atoms with Gasteiger partial charge in [0, 0.05) is 6.42 Å². The van der Waals surface area contributed by atoms with Crippen LogP contribution in [0, 0.1) is 0 Å². The number of hydrogen-bond acceptors (Lipinski definition) is 10. The SMILES string of the molecule is O=S(=O)(O)N=C(C[C@H](O)c1ccc([O-])cc1)S[C@@H]1O[C@H](CO)[C@@H](O)[C@H](O)[C@H]1O. The van der Waals surface area contributed by atoms with E-state index in [1.165, 1.54) is 24.3 Å². The van der Waals surface area contributed by atoms with E-state index < -0.39 is 59.3 Å². The third-order valence-corrected chi connectivity index (χ3v) is 5.67. The monoisotopic (exact) mass is 438 g/mol. The molecular formula is C15H20NO10S2-. The van der Waals surface area contributed by atoms with Gasteiger partial charge in [-0.25, -0.2) is 0 Å². The molecular weight excluding hydrogens is 418 g/mol. The van der Waals surface area contributed by atoms with Crippen LogP contribution in [0.4, 0.5) is 0 Å². The minimum atomic E-state index is -4.86. The Morgan fingerprint density at radius 2 is 1.79 bits per heavy atom. The van der Waals surface area contributed by atoms with E-state index in [4.69, 9.17) is 9.29 Å². The van der Waals surface area contributed by atoms with Crippen LogP contribution in [-0.2, 0) is 15.0 Å². The molecule has 0 unspecified atom stereocenters. The second-order valence-electron chi connectivity index (χ2n) is 6.04. The molecule has 6 atom stereocenters. The third kappa shape index (κ3) is 6.10. The second kappa shape index (κ2) is 9.47. The van der Waals surface area contributed by atoms with E-state index in [-0.39, 0.29) is 16.4 Å². The maximum absolute atomic E-state index is 11.2. The fourth-order valence-corrected chi connectivity index (χ4v) is 4.32. The van der Waals surface area contributed by atoms with Crippen LogP contribution >= 0.6 is 11.8 Å². The van der Waals surface area contributed by atoms with Crippen molar-refractivity contribution in [2.75, 3.05) is 6.61 Å². The van der Waals surface area contributed by atoms with Gasteiger partial charge < -0.3 is 35.4 Å². The number of aliphatic hydroxyl groups is 5. The smallest absolute Gasteiger partial charge is 0.379 e. The van der Waals surface area contributed by atoms with E-state index in [1.807, 2.05) is 0 Å². The van der Waals surface area contributed by atoms with Crippen LogP contribution in [0.15, 0.2) is 28.7 Å². The molecule has 1 aliphatic rings. The van der Waals surface area contributed by atoms with Crippen LogP contribution in [0.25, 0.3) is 0 Å². The number of thioether (sulfide) groups is 1. The third-order valence-electron chi connectivity index (χ3n) is 3.95. The molecule has 0 aromatic heterocycles. The van der Waals surface area contributed by atoms with Crippen LogP contribution in [0.5, 0.6) is 5.75 Å². The molecule has 6 N–H and O–H groups in total. The molecule has 0 bridgehead atoms. The molecule has 0 saturated carbocycles. The van der Waals surface area contributed by atoms with Gasteiger partial charge in [-0.2, -0.15) is 8.42 Å². The Hall–Kier alpha value is -1.29. The highest BCUT2D eigenvalue weighted by Crippen LogP contribution is 2.32.